The molecule has 0 saturated heterocycles. The van der Waals surface area contributed by atoms with Crippen molar-refractivity contribution in [2.45, 2.75) is 26.3 Å². The zero-order valence-electron chi connectivity index (χ0n) is 11.9. The molecule has 2 unspecified atom stereocenters. The SMILES string of the molecule is CC(=O)NC(CC(=O)NCC(C)CO)c1ccccc1. The largest absolute Gasteiger partial charge is 0.396 e. The van der Waals surface area contributed by atoms with E-state index >= 15 is 0 Å². The quantitative estimate of drug-likeness (QED) is 0.696. The van der Waals surface area contributed by atoms with Crippen LogP contribution in [-0.2, 0) is 9.59 Å². The average Bonchev–Trinajstić information content (AvgIpc) is 2.44. The minimum Gasteiger partial charge on any atom is -0.396 e. The third kappa shape index (κ3) is 5.84. The van der Waals surface area contributed by atoms with Crippen molar-refractivity contribution in [3.63, 3.8) is 0 Å². The van der Waals surface area contributed by atoms with E-state index in [1.54, 1.807) is 0 Å². The van der Waals surface area contributed by atoms with Gasteiger partial charge in [0.1, 0.15) is 0 Å². The van der Waals surface area contributed by atoms with Gasteiger partial charge in [-0.15, -0.1) is 0 Å². The maximum absolute atomic E-state index is 11.9. The summed E-state index contributed by atoms with van der Waals surface area (Å²) in [4.78, 5) is 23.1. The van der Waals surface area contributed by atoms with Gasteiger partial charge in [0.25, 0.3) is 0 Å². The number of hydrogen-bond donors (Lipinski definition) is 3. The molecule has 1 aromatic carbocycles. The molecular formula is C15H22N2O3. The van der Waals surface area contributed by atoms with E-state index in [4.69, 9.17) is 5.11 Å². The van der Waals surface area contributed by atoms with Gasteiger partial charge in [-0.3, -0.25) is 9.59 Å². The van der Waals surface area contributed by atoms with Crippen molar-refractivity contribution in [3.05, 3.63) is 35.9 Å². The number of carbonyl (C=O) groups is 2. The molecule has 0 aromatic heterocycles. The predicted octanol–water partition coefficient (Wildman–Crippen LogP) is 0.998. The Labute approximate surface area is 119 Å². The second-order valence-corrected chi connectivity index (χ2v) is 4.96. The summed E-state index contributed by atoms with van der Waals surface area (Å²) >= 11 is 0. The smallest absolute Gasteiger partial charge is 0.222 e. The molecule has 110 valence electrons. The fourth-order valence-corrected chi connectivity index (χ4v) is 1.79. The number of amides is 2. The highest BCUT2D eigenvalue weighted by Crippen LogP contribution is 2.16. The molecule has 0 fully saturated rings. The number of rotatable bonds is 7. The molecule has 1 rings (SSSR count). The standard InChI is InChI=1S/C15H22N2O3/c1-11(10-18)9-16-15(20)8-14(17-12(2)19)13-6-4-3-5-7-13/h3-7,11,14,18H,8-10H2,1-2H3,(H,16,20)(H,17,19). The summed E-state index contributed by atoms with van der Waals surface area (Å²) in [6.45, 7) is 3.75. The summed E-state index contributed by atoms with van der Waals surface area (Å²) in [5, 5.41) is 14.5. The molecule has 2 amide bonds. The number of hydrogen-bond acceptors (Lipinski definition) is 3. The van der Waals surface area contributed by atoms with Gasteiger partial charge in [-0.25, -0.2) is 0 Å². The molecule has 1 aromatic rings. The summed E-state index contributed by atoms with van der Waals surface area (Å²) < 4.78 is 0. The van der Waals surface area contributed by atoms with Gasteiger partial charge >= 0.3 is 0 Å². The first-order valence-corrected chi connectivity index (χ1v) is 6.72. The minimum atomic E-state index is -0.335. The molecular weight excluding hydrogens is 256 g/mol. The van der Waals surface area contributed by atoms with Crippen molar-refractivity contribution in [1.82, 2.24) is 10.6 Å². The van der Waals surface area contributed by atoms with Crippen molar-refractivity contribution >= 4 is 11.8 Å². The molecule has 0 spiro atoms. The molecule has 0 bridgehead atoms. The van der Waals surface area contributed by atoms with Crippen LogP contribution in [0.2, 0.25) is 0 Å². The van der Waals surface area contributed by atoms with Crippen molar-refractivity contribution in [1.29, 1.82) is 0 Å². The van der Waals surface area contributed by atoms with E-state index in [0.717, 1.165) is 5.56 Å². The van der Waals surface area contributed by atoms with Crippen LogP contribution < -0.4 is 10.6 Å². The van der Waals surface area contributed by atoms with Gasteiger partial charge in [0.15, 0.2) is 0 Å². The Balaban J connectivity index is 2.61. The van der Waals surface area contributed by atoms with Gasteiger partial charge < -0.3 is 15.7 Å². The zero-order chi connectivity index (χ0) is 15.0. The maximum atomic E-state index is 11.9. The molecule has 5 nitrogen and oxygen atoms in total. The van der Waals surface area contributed by atoms with Gasteiger partial charge in [0.2, 0.25) is 11.8 Å². The van der Waals surface area contributed by atoms with E-state index in [1.807, 2.05) is 37.3 Å². The highest BCUT2D eigenvalue weighted by atomic mass is 16.3. The van der Waals surface area contributed by atoms with Crippen LogP contribution in [0.1, 0.15) is 31.9 Å². The molecule has 0 aliphatic rings. The number of nitrogens with one attached hydrogen (secondary N) is 2. The molecule has 3 N–H and O–H groups in total. The Kier molecular flexibility index (Phi) is 6.73. The van der Waals surface area contributed by atoms with Crippen LogP contribution in [0.3, 0.4) is 0 Å². The van der Waals surface area contributed by atoms with E-state index in [9.17, 15) is 9.59 Å². The monoisotopic (exact) mass is 278 g/mol. The number of aliphatic hydroxyl groups excluding tert-OH is 1. The molecule has 0 saturated carbocycles. The maximum Gasteiger partial charge on any atom is 0.222 e. The fourth-order valence-electron chi connectivity index (χ4n) is 1.79. The topological polar surface area (TPSA) is 78.4 Å². The van der Waals surface area contributed by atoms with Crippen LogP contribution in [0.4, 0.5) is 0 Å². The van der Waals surface area contributed by atoms with Gasteiger partial charge in [-0.05, 0) is 11.5 Å². The first kappa shape index (κ1) is 16.2. The van der Waals surface area contributed by atoms with Gasteiger partial charge in [0.05, 0.1) is 12.5 Å². The normalized spacial score (nSPS) is 13.3. The minimum absolute atomic E-state index is 0.0230. The molecule has 0 radical (unpaired) electrons. The molecule has 0 aliphatic heterocycles. The van der Waals surface area contributed by atoms with Crippen LogP contribution in [0, 0.1) is 5.92 Å². The third-order valence-corrected chi connectivity index (χ3v) is 2.93. The van der Waals surface area contributed by atoms with E-state index in [1.165, 1.54) is 6.92 Å². The lowest BCUT2D eigenvalue weighted by Crippen LogP contribution is -2.34. The molecule has 2 atom stereocenters. The van der Waals surface area contributed by atoms with E-state index in [0.29, 0.717) is 6.54 Å². The third-order valence-electron chi connectivity index (χ3n) is 2.93. The molecule has 20 heavy (non-hydrogen) atoms. The van der Waals surface area contributed by atoms with Crippen molar-refractivity contribution in [2.24, 2.45) is 5.92 Å². The van der Waals surface area contributed by atoms with E-state index in [-0.39, 0.29) is 36.8 Å². The van der Waals surface area contributed by atoms with Crippen LogP contribution in [0.15, 0.2) is 30.3 Å². The van der Waals surface area contributed by atoms with Crippen molar-refractivity contribution in [3.8, 4) is 0 Å². The van der Waals surface area contributed by atoms with Crippen molar-refractivity contribution < 1.29 is 14.7 Å². The number of aliphatic hydroxyl groups is 1. The average molecular weight is 278 g/mol. The van der Waals surface area contributed by atoms with Crippen LogP contribution in [-0.4, -0.2) is 30.1 Å². The Morgan fingerprint density at radius 1 is 1.25 bits per heavy atom. The van der Waals surface area contributed by atoms with Gasteiger partial charge in [-0.1, -0.05) is 37.3 Å². The first-order valence-electron chi connectivity index (χ1n) is 6.72. The van der Waals surface area contributed by atoms with Gasteiger partial charge in [0, 0.05) is 20.1 Å². The lowest BCUT2D eigenvalue weighted by atomic mass is 10.0. The fraction of sp³-hybridized carbons (Fsp3) is 0.467. The molecule has 0 aliphatic carbocycles. The highest BCUT2D eigenvalue weighted by Gasteiger charge is 2.17. The second kappa shape index (κ2) is 8.32. The predicted molar refractivity (Wildman–Crippen MR) is 76.9 cm³/mol. The Hall–Kier alpha value is -1.88. The van der Waals surface area contributed by atoms with Crippen LogP contribution in [0.5, 0.6) is 0 Å². The number of carbonyl (C=O) groups excluding carboxylic acids is 2. The van der Waals surface area contributed by atoms with E-state index in [2.05, 4.69) is 10.6 Å². The second-order valence-electron chi connectivity index (χ2n) is 4.96. The lowest BCUT2D eigenvalue weighted by molar-refractivity contribution is -0.123. The van der Waals surface area contributed by atoms with E-state index < -0.39 is 0 Å². The summed E-state index contributed by atoms with van der Waals surface area (Å²) in [7, 11) is 0. The molecule has 5 heteroatoms. The number of benzene rings is 1. The van der Waals surface area contributed by atoms with Crippen molar-refractivity contribution in [2.75, 3.05) is 13.2 Å². The summed E-state index contributed by atoms with van der Waals surface area (Å²) in [6.07, 6.45) is 0.182. The highest BCUT2D eigenvalue weighted by molar-refractivity contribution is 5.79. The van der Waals surface area contributed by atoms with Crippen LogP contribution in [0.25, 0.3) is 0 Å². The summed E-state index contributed by atoms with van der Waals surface area (Å²) in [5.41, 5.74) is 0.896. The van der Waals surface area contributed by atoms with Gasteiger partial charge in [-0.2, -0.15) is 0 Å². The summed E-state index contributed by atoms with van der Waals surface area (Å²) in [5.74, 6) is -0.293. The molecule has 0 heterocycles. The van der Waals surface area contributed by atoms with Crippen LogP contribution >= 0.6 is 0 Å². The lowest BCUT2D eigenvalue weighted by Gasteiger charge is -2.18. The first-order chi connectivity index (χ1) is 9.52. The summed E-state index contributed by atoms with van der Waals surface area (Å²) in [6, 6.07) is 9.05. The Bertz CT molecular complexity index is 434. The Morgan fingerprint density at radius 2 is 1.90 bits per heavy atom. The Morgan fingerprint density at radius 3 is 2.45 bits per heavy atom. The zero-order valence-corrected chi connectivity index (χ0v) is 11.9.